The summed E-state index contributed by atoms with van der Waals surface area (Å²) in [4.78, 5) is 15.8. The lowest BCUT2D eigenvalue weighted by Crippen LogP contribution is -2.35. The molecule has 4 nitrogen and oxygen atoms in total. The van der Waals surface area contributed by atoms with E-state index in [1.54, 1.807) is 12.1 Å². The van der Waals surface area contributed by atoms with Crippen LogP contribution in [0.5, 0.6) is 0 Å². The van der Waals surface area contributed by atoms with E-state index in [2.05, 4.69) is 9.80 Å². The number of nitrogens with zero attached hydrogens (tertiary/aromatic N) is 2. The molecular weight excluding hydrogens is 319 g/mol. The van der Waals surface area contributed by atoms with Gasteiger partial charge in [-0.2, -0.15) is 0 Å². The van der Waals surface area contributed by atoms with Crippen LogP contribution in [0.1, 0.15) is 18.4 Å². The zero-order valence-electron chi connectivity index (χ0n) is 13.6. The van der Waals surface area contributed by atoms with E-state index in [9.17, 15) is 9.18 Å². The molecule has 1 fully saturated rings. The van der Waals surface area contributed by atoms with Crippen LogP contribution in [0, 0.1) is 5.82 Å². The van der Waals surface area contributed by atoms with Crippen molar-refractivity contribution in [3.05, 3.63) is 34.6 Å². The molecule has 0 saturated carbocycles. The van der Waals surface area contributed by atoms with Crippen molar-refractivity contribution in [3.8, 4) is 0 Å². The van der Waals surface area contributed by atoms with E-state index < -0.39 is 0 Å². The second-order valence-corrected chi connectivity index (χ2v) is 6.26. The zero-order chi connectivity index (χ0) is 16.7. The Balaban J connectivity index is 1.75. The third-order valence-electron chi connectivity index (χ3n) is 4.22. The highest BCUT2D eigenvalue weighted by molar-refractivity contribution is 6.31. The Kier molecular flexibility index (Phi) is 7.27. The first-order chi connectivity index (χ1) is 11.1. The Morgan fingerprint density at radius 1 is 1.26 bits per heavy atom. The monoisotopic (exact) mass is 342 g/mol. The zero-order valence-corrected chi connectivity index (χ0v) is 14.3. The van der Waals surface area contributed by atoms with Crippen LogP contribution in [-0.2, 0) is 16.0 Å². The fraction of sp³-hybridized carbons (Fsp3) is 0.588. The summed E-state index contributed by atoms with van der Waals surface area (Å²) in [5.41, 5.74) is 0.608. The van der Waals surface area contributed by atoms with Crippen LogP contribution in [0.2, 0.25) is 5.02 Å². The largest absolute Gasteiger partial charge is 0.468 e. The first kappa shape index (κ1) is 18.2. The van der Waals surface area contributed by atoms with Crippen LogP contribution in [0.4, 0.5) is 4.39 Å². The Morgan fingerprint density at radius 2 is 2.00 bits per heavy atom. The van der Waals surface area contributed by atoms with Crippen molar-refractivity contribution >= 4 is 17.6 Å². The maximum Gasteiger partial charge on any atom is 0.319 e. The summed E-state index contributed by atoms with van der Waals surface area (Å²) < 4.78 is 18.5. The number of methoxy groups -OCH3 is 1. The molecule has 0 aliphatic carbocycles. The van der Waals surface area contributed by atoms with Crippen LogP contribution in [0.3, 0.4) is 0 Å². The summed E-state index contributed by atoms with van der Waals surface area (Å²) in [6.07, 6.45) is 2.54. The SMILES string of the molecule is COC(=O)CN1CCCN(CCCc2c(F)cccc2Cl)CC1. The fourth-order valence-corrected chi connectivity index (χ4v) is 3.16. The minimum atomic E-state index is -0.224. The van der Waals surface area contributed by atoms with Crippen LogP contribution < -0.4 is 0 Å². The third-order valence-corrected chi connectivity index (χ3v) is 4.58. The third kappa shape index (κ3) is 5.75. The van der Waals surface area contributed by atoms with Gasteiger partial charge in [0, 0.05) is 30.2 Å². The highest BCUT2D eigenvalue weighted by atomic mass is 35.5. The first-order valence-electron chi connectivity index (χ1n) is 8.04. The molecule has 0 atom stereocenters. The van der Waals surface area contributed by atoms with Crippen LogP contribution in [0.15, 0.2) is 18.2 Å². The van der Waals surface area contributed by atoms with Gasteiger partial charge < -0.3 is 9.64 Å². The number of halogens is 2. The molecule has 0 aromatic heterocycles. The van der Waals surface area contributed by atoms with Gasteiger partial charge in [-0.1, -0.05) is 17.7 Å². The van der Waals surface area contributed by atoms with Gasteiger partial charge in [0.1, 0.15) is 5.82 Å². The van der Waals surface area contributed by atoms with E-state index >= 15 is 0 Å². The predicted molar refractivity (Wildman–Crippen MR) is 89.2 cm³/mol. The Bertz CT molecular complexity index is 507. The van der Waals surface area contributed by atoms with Gasteiger partial charge in [-0.25, -0.2) is 4.39 Å². The maximum absolute atomic E-state index is 13.7. The van der Waals surface area contributed by atoms with Gasteiger partial charge in [-0.05, 0) is 44.5 Å². The van der Waals surface area contributed by atoms with Gasteiger partial charge in [0.15, 0.2) is 0 Å². The van der Waals surface area contributed by atoms with Crippen molar-refractivity contribution in [1.29, 1.82) is 0 Å². The van der Waals surface area contributed by atoms with Gasteiger partial charge in [0.2, 0.25) is 0 Å². The normalized spacial score (nSPS) is 17.0. The van der Waals surface area contributed by atoms with Crippen LogP contribution >= 0.6 is 11.6 Å². The van der Waals surface area contributed by atoms with Crippen molar-refractivity contribution in [2.45, 2.75) is 19.3 Å². The molecule has 0 bridgehead atoms. The Morgan fingerprint density at radius 3 is 2.74 bits per heavy atom. The summed E-state index contributed by atoms with van der Waals surface area (Å²) in [6, 6.07) is 4.82. The number of ether oxygens (including phenoxy) is 1. The molecule has 2 rings (SSSR count). The highest BCUT2D eigenvalue weighted by Crippen LogP contribution is 2.20. The molecule has 1 heterocycles. The topological polar surface area (TPSA) is 32.8 Å². The minimum Gasteiger partial charge on any atom is -0.468 e. The van der Waals surface area contributed by atoms with E-state index in [1.165, 1.54) is 13.2 Å². The average Bonchev–Trinajstić information content (AvgIpc) is 2.75. The van der Waals surface area contributed by atoms with Gasteiger partial charge in [0.25, 0.3) is 0 Å². The standard InChI is InChI=1S/C17H24ClFN2O2/c1-23-17(22)13-21-10-4-9-20(11-12-21)8-3-5-14-15(18)6-2-7-16(14)19/h2,6-7H,3-5,8-13H2,1H3. The maximum atomic E-state index is 13.7. The van der Waals surface area contributed by atoms with Crippen LogP contribution in [0.25, 0.3) is 0 Å². The average molecular weight is 343 g/mol. The number of carbonyl (C=O) groups is 1. The molecular formula is C17H24ClFN2O2. The Labute approximate surface area is 142 Å². The van der Waals surface area contributed by atoms with Gasteiger partial charge >= 0.3 is 5.97 Å². The molecule has 0 spiro atoms. The molecule has 6 heteroatoms. The number of hydrogen-bond acceptors (Lipinski definition) is 4. The second kappa shape index (κ2) is 9.21. The second-order valence-electron chi connectivity index (χ2n) is 5.85. The van der Waals surface area contributed by atoms with Gasteiger partial charge in [-0.3, -0.25) is 9.69 Å². The predicted octanol–water partition coefficient (Wildman–Crippen LogP) is 2.59. The molecule has 1 aliphatic heterocycles. The van der Waals surface area contributed by atoms with Gasteiger partial charge in [-0.15, -0.1) is 0 Å². The highest BCUT2D eigenvalue weighted by Gasteiger charge is 2.17. The number of rotatable bonds is 6. The lowest BCUT2D eigenvalue weighted by molar-refractivity contribution is -0.141. The van der Waals surface area contributed by atoms with Crippen molar-refractivity contribution in [1.82, 2.24) is 9.80 Å². The van der Waals surface area contributed by atoms with Gasteiger partial charge in [0.05, 0.1) is 13.7 Å². The van der Waals surface area contributed by atoms with Crippen molar-refractivity contribution < 1.29 is 13.9 Å². The number of carbonyl (C=O) groups excluding carboxylic acids is 1. The minimum absolute atomic E-state index is 0.187. The summed E-state index contributed by atoms with van der Waals surface area (Å²) in [5.74, 6) is -0.412. The molecule has 1 aliphatic rings. The first-order valence-corrected chi connectivity index (χ1v) is 8.42. The molecule has 0 radical (unpaired) electrons. The molecule has 23 heavy (non-hydrogen) atoms. The summed E-state index contributed by atoms with van der Waals surface area (Å²) >= 11 is 6.05. The lowest BCUT2D eigenvalue weighted by atomic mass is 10.1. The van der Waals surface area contributed by atoms with Crippen LogP contribution in [-0.4, -0.2) is 62.1 Å². The van der Waals surface area contributed by atoms with E-state index in [0.717, 1.165) is 45.6 Å². The smallest absolute Gasteiger partial charge is 0.319 e. The van der Waals surface area contributed by atoms with E-state index in [1.807, 2.05) is 0 Å². The Hall–Kier alpha value is -1.17. The molecule has 0 unspecified atom stereocenters. The molecule has 128 valence electrons. The van der Waals surface area contributed by atoms with Crippen molar-refractivity contribution in [2.75, 3.05) is 46.4 Å². The molecule has 1 aromatic carbocycles. The lowest BCUT2D eigenvalue weighted by Gasteiger charge is -2.21. The van der Waals surface area contributed by atoms with Crippen molar-refractivity contribution in [3.63, 3.8) is 0 Å². The van der Waals surface area contributed by atoms with E-state index in [-0.39, 0.29) is 11.8 Å². The molecule has 0 N–H and O–H groups in total. The fourth-order valence-electron chi connectivity index (χ4n) is 2.90. The van der Waals surface area contributed by atoms with E-state index in [0.29, 0.717) is 23.6 Å². The summed E-state index contributed by atoms with van der Waals surface area (Å²) in [7, 11) is 1.42. The summed E-state index contributed by atoms with van der Waals surface area (Å²) in [5, 5.41) is 0.505. The molecule has 0 amide bonds. The van der Waals surface area contributed by atoms with Crippen molar-refractivity contribution in [2.24, 2.45) is 0 Å². The number of benzene rings is 1. The molecule has 1 saturated heterocycles. The molecule has 1 aromatic rings. The van der Waals surface area contributed by atoms with E-state index in [4.69, 9.17) is 16.3 Å². The number of hydrogen-bond donors (Lipinski definition) is 0. The quantitative estimate of drug-likeness (QED) is 0.744. The number of esters is 1. The summed E-state index contributed by atoms with van der Waals surface area (Å²) in [6.45, 7) is 4.96.